The summed E-state index contributed by atoms with van der Waals surface area (Å²) in [5, 5.41) is 4.06. The molecule has 14 heavy (non-hydrogen) atoms. The predicted molar refractivity (Wildman–Crippen MR) is 50.7 cm³/mol. The first-order valence-electron chi connectivity index (χ1n) is 3.79. The largest absolute Gasteiger partial charge is 0.382 e. The van der Waals surface area contributed by atoms with Gasteiger partial charge in [0.05, 0.1) is 5.02 Å². The van der Waals surface area contributed by atoms with E-state index in [1.54, 1.807) is 6.07 Å². The van der Waals surface area contributed by atoms with Crippen LogP contribution in [0.1, 0.15) is 0 Å². The number of nitrogens with zero attached hydrogens (tertiary/aromatic N) is 3. The summed E-state index contributed by atoms with van der Waals surface area (Å²) < 4.78 is 14.5. The number of pyridine rings is 1. The molecule has 0 unspecified atom stereocenters. The van der Waals surface area contributed by atoms with E-state index in [0.717, 1.165) is 0 Å². The molecule has 0 saturated carbocycles. The Kier molecular flexibility index (Phi) is 2.09. The molecule has 0 aliphatic heterocycles. The summed E-state index contributed by atoms with van der Waals surface area (Å²) in [7, 11) is 0. The third-order valence-corrected chi connectivity index (χ3v) is 1.82. The molecular weight excluding hydrogens is 207 g/mol. The molecule has 2 aromatic heterocycles. The molecule has 0 bridgehead atoms. The number of hydrogen-bond donors (Lipinski definition) is 1. The quantitative estimate of drug-likeness (QED) is 0.782. The zero-order valence-corrected chi connectivity index (χ0v) is 7.74. The van der Waals surface area contributed by atoms with E-state index in [4.69, 9.17) is 17.3 Å². The number of nitrogen functional groups attached to an aromatic ring is 1. The second-order valence-electron chi connectivity index (χ2n) is 2.64. The van der Waals surface area contributed by atoms with Gasteiger partial charge in [0.15, 0.2) is 11.6 Å². The molecule has 0 aromatic carbocycles. The van der Waals surface area contributed by atoms with Gasteiger partial charge in [-0.05, 0) is 6.07 Å². The zero-order chi connectivity index (χ0) is 10.1. The normalized spacial score (nSPS) is 10.4. The second kappa shape index (κ2) is 3.26. The maximum absolute atomic E-state index is 13.3. The molecule has 0 atom stereocenters. The van der Waals surface area contributed by atoms with Crippen LogP contribution in [-0.2, 0) is 0 Å². The van der Waals surface area contributed by atoms with E-state index in [2.05, 4.69) is 10.1 Å². The van der Waals surface area contributed by atoms with Gasteiger partial charge in [-0.25, -0.2) is 14.1 Å². The highest BCUT2D eigenvalue weighted by Gasteiger charge is 2.07. The van der Waals surface area contributed by atoms with Crippen LogP contribution in [0.4, 0.5) is 10.2 Å². The SMILES string of the molecule is Nc1ccn(-c2ncc(Cl)cc2F)n1. The molecule has 0 saturated heterocycles. The van der Waals surface area contributed by atoms with Crippen molar-refractivity contribution in [1.82, 2.24) is 14.8 Å². The summed E-state index contributed by atoms with van der Waals surface area (Å²) in [6, 6.07) is 2.72. The smallest absolute Gasteiger partial charge is 0.189 e. The van der Waals surface area contributed by atoms with Gasteiger partial charge in [0.2, 0.25) is 0 Å². The average molecular weight is 213 g/mol. The molecule has 0 spiro atoms. The van der Waals surface area contributed by atoms with E-state index < -0.39 is 5.82 Å². The van der Waals surface area contributed by atoms with Gasteiger partial charge in [-0.3, -0.25) is 0 Å². The minimum atomic E-state index is -0.541. The van der Waals surface area contributed by atoms with Crippen molar-refractivity contribution in [3.05, 3.63) is 35.4 Å². The lowest BCUT2D eigenvalue weighted by atomic mass is 10.4. The first-order chi connectivity index (χ1) is 6.66. The monoisotopic (exact) mass is 212 g/mol. The van der Waals surface area contributed by atoms with Crippen LogP contribution in [0, 0.1) is 5.82 Å². The highest BCUT2D eigenvalue weighted by Crippen LogP contribution is 2.14. The van der Waals surface area contributed by atoms with Crippen molar-refractivity contribution in [2.24, 2.45) is 0 Å². The van der Waals surface area contributed by atoms with Crippen molar-refractivity contribution in [2.75, 3.05) is 5.73 Å². The van der Waals surface area contributed by atoms with Gasteiger partial charge in [-0.1, -0.05) is 11.6 Å². The highest BCUT2D eigenvalue weighted by molar-refractivity contribution is 6.30. The van der Waals surface area contributed by atoms with E-state index in [-0.39, 0.29) is 10.8 Å². The van der Waals surface area contributed by atoms with Gasteiger partial charge < -0.3 is 5.73 Å². The van der Waals surface area contributed by atoms with E-state index in [1.165, 1.54) is 23.1 Å². The fraction of sp³-hybridized carbons (Fsp3) is 0. The minimum Gasteiger partial charge on any atom is -0.382 e. The maximum Gasteiger partial charge on any atom is 0.189 e. The van der Waals surface area contributed by atoms with Gasteiger partial charge in [-0.2, -0.15) is 0 Å². The zero-order valence-electron chi connectivity index (χ0n) is 6.98. The Labute approximate surface area is 84.1 Å². The molecule has 0 fully saturated rings. The van der Waals surface area contributed by atoms with Crippen molar-refractivity contribution in [3.8, 4) is 5.82 Å². The van der Waals surface area contributed by atoms with Crippen molar-refractivity contribution in [1.29, 1.82) is 0 Å². The van der Waals surface area contributed by atoms with Crippen molar-refractivity contribution >= 4 is 17.4 Å². The van der Waals surface area contributed by atoms with E-state index in [9.17, 15) is 4.39 Å². The Balaban J connectivity index is 2.52. The van der Waals surface area contributed by atoms with E-state index in [1.807, 2.05) is 0 Å². The third kappa shape index (κ3) is 1.54. The number of rotatable bonds is 1. The molecule has 2 rings (SSSR count). The van der Waals surface area contributed by atoms with Gasteiger partial charge >= 0.3 is 0 Å². The van der Waals surface area contributed by atoms with Gasteiger partial charge in [0.1, 0.15) is 5.82 Å². The Morgan fingerprint density at radius 1 is 1.50 bits per heavy atom. The standard InChI is InChI=1S/C8H6ClFN4/c9-5-3-6(10)8(12-4-5)14-2-1-7(11)13-14/h1-4H,(H2,11,13). The number of aromatic nitrogens is 3. The van der Waals surface area contributed by atoms with E-state index >= 15 is 0 Å². The second-order valence-corrected chi connectivity index (χ2v) is 3.08. The van der Waals surface area contributed by atoms with Crippen LogP contribution in [0.3, 0.4) is 0 Å². The first-order valence-corrected chi connectivity index (χ1v) is 4.17. The molecule has 2 N–H and O–H groups in total. The van der Waals surface area contributed by atoms with Crippen molar-refractivity contribution in [3.63, 3.8) is 0 Å². The molecule has 0 aliphatic carbocycles. The van der Waals surface area contributed by atoms with Crippen LogP contribution in [0.25, 0.3) is 5.82 Å². The summed E-state index contributed by atoms with van der Waals surface area (Å²) in [5.41, 5.74) is 5.39. The van der Waals surface area contributed by atoms with Crippen LogP contribution in [-0.4, -0.2) is 14.8 Å². The lowest BCUT2D eigenvalue weighted by Crippen LogP contribution is -2.02. The van der Waals surface area contributed by atoms with Crippen LogP contribution in [0.15, 0.2) is 24.5 Å². The number of halogens is 2. The molecule has 0 radical (unpaired) electrons. The minimum absolute atomic E-state index is 0.0751. The van der Waals surface area contributed by atoms with E-state index in [0.29, 0.717) is 5.82 Å². The summed E-state index contributed by atoms with van der Waals surface area (Å²) in [6.07, 6.45) is 2.87. The predicted octanol–water partition coefficient (Wildman–Crippen LogP) is 1.64. The lowest BCUT2D eigenvalue weighted by Gasteiger charge is -2.01. The Morgan fingerprint density at radius 3 is 2.86 bits per heavy atom. The van der Waals surface area contributed by atoms with Gasteiger partial charge in [0, 0.05) is 18.5 Å². The number of nitrogens with two attached hydrogens (primary N) is 1. The fourth-order valence-electron chi connectivity index (χ4n) is 1.03. The average Bonchev–Trinajstić information content (AvgIpc) is 2.51. The first kappa shape index (κ1) is 8.96. The summed E-state index contributed by atoms with van der Waals surface area (Å²) in [4.78, 5) is 3.80. The molecule has 0 aliphatic rings. The van der Waals surface area contributed by atoms with Crippen LogP contribution >= 0.6 is 11.6 Å². The Hall–Kier alpha value is -1.62. The summed E-state index contributed by atoms with van der Waals surface area (Å²) in [6.45, 7) is 0. The summed E-state index contributed by atoms with van der Waals surface area (Å²) in [5.74, 6) is -0.159. The molecule has 2 heterocycles. The van der Waals surface area contributed by atoms with Crippen LogP contribution < -0.4 is 5.73 Å². The number of hydrogen-bond acceptors (Lipinski definition) is 3. The third-order valence-electron chi connectivity index (χ3n) is 1.62. The lowest BCUT2D eigenvalue weighted by molar-refractivity contribution is 0.601. The van der Waals surface area contributed by atoms with Crippen LogP contribution in [0.5, 0.6) is 0 Å². The molecule has 4 nitrogen and oxygen atoms in total. The Morgan fingerprint density at radius 2 is 2.29 bits per heavy atom. The van der Waals surface area contributed by atoms with Crippen molar-refractivity contribution < 1.29 is 4.39 Å². The molecule has 6 heteroatoms. The number of anilines is 1. The van der Waals surface area contributed by atoms with Crippen molar-refractivity contribution in [2.45, 2.75) is 0 Å². The fourth-order valence-corrected chi connectivity index (χ4v) is 1.18. The maximum atomic E-state index is 13.3. The van der Waals surface area contributed by atoms with Gasteiger partial charge in [-0.15, -0.1) is 5.10 Å². The topological polar surface area (TPSA) is 56.7 Å². The summed E-state index contributed by atoms with van der Waals surface area (Å²) >= 11 is 5.55. The Bertz CT molecular complexity index is 468. The van der Waals surface area contributed by atoms with Crippen LogP contribution in [0.2, 0.25) is 5.02 Å². The molecule has 0 amide bonds. The molecule has 2 aromatic rings. The molecular formula is C8H6ClFN4. The van der Waals surface area contributed by atoms with Gasteiger partial charge in [0.25, 0.3) is 0 Å². The molecule has 72 valence electrons. The highest BCUT2D eigenvalue weighted by atomic mass is 35.5.